The van der Waals surface area contributed by atoms with Crippen LogP contribution in [0.25, 0.3) is 0 Å². The van der Waals surface area contributed by atoms with Crippen LogP contribution in [0.3, 0.4) is 0 Å². The average Bonchev–Trinajstić information content (AvgIpc) is 3.39. The number of hydrogen-bond donors (Lipinski definition) is 2. The van der Waals surface area contributed by atoms with E-state index in [1.165, 1.54) is 28.8 Å². The molecule has 9 nitrogen and oxygen atoms in total. The zero-order valence-corrected chi connectivity index (χ0v) is 18.6. The van der Waals surface area contributed by atoms with Crippen molar-refractivity contribution in [1.29, 1.82) is 0 Å². The summed E-state index contributed by atoms with van der Waals surface area (Å²) in [5.74, 6) is -1.10. The van der Waals surface area contributed by atoms with Gasteiger partial charge in [0.2, 0.25) is 5.90 Å². The molecule has 4 rings (SSSR count). The summed E-state index contributed by atoms with van der Waals surface area (Å²) in [7, 11) is 0. The van der Waals surface area contributed by atoms with E-state index in [1.54, 1.807) is 4.90 Å². The van der Waals surface area contributed by atoms with Crippen LogP contribution in [-0.2, 0) is 16.0 Å². The first-order chi connectivity index (χ1) is 15.6. The number of carbonyl (C=O) groups is 1. The molecule has 0 saturated carbocycles. The van der Waals surface area contributed by atoms with Crippen LogP contribution >= 0.6 is 11.8 Å². The Labute approximate surface area is 191 Å². The first-order valence-electron chi connectivity index (χ1n) is 10.1. The molecule has 2 unspecified atom stereocenters. The normalized spacial score (nSPS) is 25.0. The smallest absolute Gasteiger partial charge is 0.438 e. The highest BCUT2D eigenvalue weighted by Crippen LogP contribution is 2.35. The number of thioether (sulfide) groups is 1. The number of alkyl halides is 3. The fourth-order valence-corrected chi connectivity index (χ4v) is 4.04. The fourth-order valence-electron chi connectivity index (χ4n) is 3.24. The molecule has 0 aromatic heterocycles. The highest BCUT2D eigenvalue weighted by Gasteiger charge is 2.57. The van der Waals surface area contributed by atoms with Crippen LogP contribution in [-0.4, -0.2) is 70.5 Å². The van der Waals surface area contributed by atoms with Crippen molar-refractivity contribution in [3.05, 3.63) is 35.1 Å². The SMILES string of the molecule is CC1NN=C(N(Cc2ccc(C3=NNC(C)(C(F)(F)F)O3)cc2F)C(=O)N2CCOCC2)S1. The molecule has 33 heavy (non-hydrogen) atoms. The second-order valence-corrected chi connectivity index (χ2v) is 9.03. The third-order valence-electron chi connectivity index (χ3n) is 5.21. The van der Waals surface area contributed by atoms with Crippen molar-refractivity contribution in [2.75, 3.05) is 26.3 Å². The molecule has 1 aromatic carbocycles. The Kier molecular flexibility index (Phi) is 6.31. The molecule has 14 heteroatoms. The number of nitrogens with zero attached hydrogens (tertiary/aromatic N) is 4. The van der Waals surface area contributed by atoms with Crippen molar-refractivity contribution >= 4 is 28.9 Å². The van der Waals surface area contributed by atoms with Crippen LogP contribution in [0.15, 0.2) is 28.4 Å². The van der Waals surface area contributed by atoms with Crippen molar-refractivity contribution in [2.45, 2.75) is 37.7 Å². The average molecular weight is 490 g/mol. The Morgan fingerprint density at radius 1 is 1.33 bits per heavy atom. The highest BCUT2D eigenvalue weighted by molar-refractivity contribution is 8.14. The zero-order chi connectivity index (χ0) is 23.8. The van der Waals surface area contributed by atoms with Gasteiger partial charge in [0.15, 0.2) is 5.17 Å². The van der Waals surface area contributed by atoms with E-state index in [2.05, 4.69) is 15.6 Å². The number of nitrogens with one attached hydrogen (secondary N) is 2. The number of carbonyl (C=O) groups excluding carboxylic acids is 1. The summed E-state index contributed by atoms with van der Waals surface area (Å²) in [6, 6.07) is 3.47. The zero-order valence-electron chi connectivity index (χ0n) is 17.8. The van der Waals surface area contributed by atoms with E-state index in [0.717, 1.165) is 13.0 Å². The number of rotatable bonds is 3. The molecule has 1 fully saturated rings. The summed E-state index contributed by atoms with van der Waals surface area (Å²) in [5, 5.41) is 8.08. The largest absolute Gasteiger partial charge is 0.449 e. The van der Waals surface area contributed by atoms with Gasteiger partial charge in [-0.2, -0.15) is 18.3 Å². The van der Waals surface area contributed by atoms with E-state index in [0.29, 0.717) is 31.5 Å². The Morgan fingerprint density at radius 2 is 2.06 bits per heavy atom. The van der Waals surface area contributed by atoms with Crippen molar-refractivity contribution in [1.82, 2.24) is 20.7 Å². The van der Waals surface area contributed by atoms with Gasteiger partial charge in [-0.05, 0) is 19.1 Å². The quantitative estimate of drug-likeness (QED) is 0.634. The number of halogens is 4. The number of amides is 2. The summed E-state index contributed by atoms with van der Waals surface area (Å²) < 4.78 is 64.5. The number of amidine groups is 1. The van der Waals surface area contributed by atoms with E-state index >= 15 is 0 Å². The number of hydrazone groups is 2. The summed E-state index contributed by atoms with van der Waals surface area (Å²) in [6.45, 7) is 4.17. The van der Waals surface area contributed by atoms with Gasteiger partial charge >= 0.3 is 12.2 Å². The lowest BCUT2D eigenvalue weighted by Gasteiger charge is -2.32. The minimum atomic E-state index is -4.72. The number of ether oxygens (including phenoxy) is 2. The molecule has 1 aromatic rings. The number of benzene rings is 1. The maximum Gasteiger partial charge on any atom is 0.449 e. The summed E-state index contributed by atoms with van der Waals surface area (Å²) in [6.07, 6.45) is -4.72. The molecule has 3 heterocycles. The molecule has 2 N–H and O–H groups in total. The number of morpholine rings is 1. The number of urea groups is 1. The topological polar surface area (TPSA) is 90.8 Å². The van der Waals surface area contributed by atoms with E-state index in [4.69, 9.17) is 9.47 Å². The van der Waals surface area contributed by atoms with Gasteiger partial charge in [0.05, 0.1) is 25.1 Å². The van der Waals surface area contributed by atoms with Crippen LogP contribution in [0.5, 0.6) is 0 Å². The van der Waals surface area contributed by atoms with Crippen molar-refractivity contribution in [3.8, 4) is 0 Å². The predicted molar refractivity (Wildman–Crippen MR) is 113 cm³/mol. The first kappa shape index (κ1) is 23.4. The van der Waals surface area contributed by atoms with Crippen LogP contribution < -0.4 is 10.9 Å². The fraction of sp³-hybridized carbons (Fsp3) is 0.526. The molecule has 0 spiro atoms. The van der Waals surface area contributed by atoms with Crippen LogP contribution in [0.1, 0.15) is 25.0 Å². The summed E-state index contributed by atoms with van der Waals surface area (Å²) in [4.78, 5) is 16.1. The van der Waals surface area contributed by atoms with Crippen molar-refractivity contribution < 1.29 is 31.8 Å². The summed E-state index contributed by atoms with van der Waals surface area (Å²) >= 11 is 1.33. The lowest BCUT2D eigenvalue weighted by molar-refractivity contribution is -0.250. The monoisotopic (exact) mass is 490 g/mol. The molecule has 2 amide bonds. The Hall–Kier alpha value is -2.74. The highest BCUT2D eigenvalue weighted by atomic mass is 32.2. The van der Waals surface area contributed by atoms with E-state index in [-0.39, 0.29) is 35.0 Å². The van der Waals surface area contributed by atoms with Gasteiger partial charge in [-0.15, -0.1) is 5.10 Å². The minimum Gasteiger partial charge on any atom is -0.438 e. The van der Waals surface area contributed by atoms with Crippen molar-refractivity contribution in [2.24, 2.45) is 10.2 Å². The first-order valence-corrected chi connectivity index (χ1v) is 11.0. The lowest BCUT2D eigenvalue weighted by atomic mass is 10.1. The molecular formula is C19H22F4N6O3S. The van der Waals surface area contributed by atoms with Crippen LogP contribution in [0.2, 0.25) is 0 Å². The van der Waals surface area contributed by atoms with E-state index < -0.39 is 17.7 Å². The summed E-state index contributed by atoms with van der Waals surface area (Å²) in [5.41, 5.74) is 2.27. The second-order valence-electron chi connectivity index (χ2n) is 7.72. The van der Waals surface area contributed by atoms with Gasteiger partial charge < -0.3 is 14.4 Å². The van der Waals surface area contributed by atoms with Crippen molar-refractivity contribution in [3.63, 3.8) is 0 Å². The number of hydrogen-bond acceptors (Lipinski definition) is 8. The van der Waals surface area contributed by atoms with Gasteiger partial charge in [0, 0.05) is 31.1 Å². The Bertz CT molecular complexity index is 985. The molecule has 3 aliphatic heterocycles. The van der Waals surface area contributed by atoms with Gasteiger partial charge in [-0.3, -0.25) is 15.8 Å². The maximum atomic E-state index is 15.0. The molecule has 0 bridgehead atoms. The third-order valence-corrected chi connectivity index (χ3v) is 6.19. The molecule has 1 saturated heterocycles. The van der Waals surface area contributed by atoms with Gasteiger partial charge in [0.25, 0.3) is 5.72 Å². The van der Waals surface area contributed by atoms with Crippen LogP contribution in [0.4, 0.5) is 22.4 Å². The Balaban J connectivity index is 1.53. The molecular weight excluding hydrogens is 468 g/mol. The van der Waals surface area contributed by atoms with Gasteiger partial charge in [-0.1, -0.05) is 17.8 Å². The van der Waals surface area contributed by atoms with E-state index in [9.17, 15) is 22.4 Å². The Morgan fingerprint density at radius 3 is 2.64 bits per heavy atom. The molecule has 0 aliphatic carbocycles. The van der Waals surface area contributed by atoms with Crippen LogP contribution in [0, 0.1) is 5.82 Å². The molecule has 180 valence electrons. The van der Waals surface area contributed by atoms with Gasteiger partial charge in [-0.25, -0.2) is 9.18 Å². The predicted octanol–water partition coefficient (Wildman–Crippen LogP) is 2.59. The minimum absolute atomic E-state index is 0.0330. The second kappa shape index (κ2) is 8.89. The standard InChI is InChI=1S/C19H22F4N6O3S/c1-11-24-26-16(33-11)29(17(30)28-5-7-31-8-6-28)10-13-4-3-12(9-14(13)20)15-25-27-18(2,32-15)19(21,22)23/h3-4,9,11,24,27H,5-8,10H2,1-2H3. The lowest BCUT2D eigenvalue weighted by Crippen LogP contribution is -2.51. The molecule has 3 aliphatic rings. The maximum absolute atomic E-state index is 15.0. The van der Waals surface area contributed by atoms with Gasteiger partial charge in [0.1, 0.15) is 5.82 Å². The van der Waals surface area contributed by atoms with E-state index in [1.807, 2.05) is 12.3 Å². The molecule has 2 atom stereocenters. The molecule has 0 radical (unpaired) electrons. The third kappa shape index (κ3) is 4.81.